The van der Waals surface area contributed by atoms with E-state index in [-0.39, 0.29) is 29.9 Å². The van der Waals surface area contributed by atoms with Crippen LogP contribution in [0.25, 0.3) is 0 Å². The molecule has 1 saturated heterocycles. The number of ether oxygens (including phenoxy) is 2. The molecular formula is C60H120N2O6. The molecule has 1 aliphatic heterocycles. The van der Waals surface area contributed by atoms with Crippen LogP contribution in [0, 0.1) is 5.92 Å². The summed E-state index contributed by atoms with van der Waals surface area (Å²) in [5.74, 6) is 0.998. The van der Waals surface area contributed by atoms with Gasteiger partial charge in [-0.05, 0) is 64.3 Å². The average molecular weight is 966 g/mol. The van der Waals surface area contributed by atoms with Crippen LogP contribution in [0.5, 0.6) is 0 Å². The highest BCUT2D eigenvalue weighted by molar-refractivity contribution is 5.82. The van der Waals surface area contributed by atoms with Crippen molar-refractivity contribution in [3.63, 3.8) is 0 Å². The van der Waals surface area contributed by atoms with Crippen molar-refractivity contribution in [3.05, 3.63) is 0 Å². The van der Waals surface area contributed by atoms with Crippen LogP contribution in [0.15, 0.2) is 0 Å². The fourth-order valence-corrected chi connectivity index (χ4v) is 8.67. The molecule has 8 nitrogen and oxygen atoms in total. The molecule has 68 heavy (non-hydrogen) atoms. The quantitative estimate of drug-likeness (QED) is 0.0480. The Kier molecular flexibility index (Phi) is 57.9. The van der Waals surface area contributed by atoms with Crippen molar-refractivity contribution in [3.8, 4) is 0 Å². The van der Waals surface area contributed by atoms with Crippen LogP contribution < -0.4 is 5.32 Å². The summed E-state index contributed by atoms with van der Waals surface area (Å²) in [5.41, 5.74) is 0. The van der Waals surface area contributed by atoms with Gasteiger partial charge in [0.2, 0.25) is 5.91 Å². The van der Waals surface area contributed by atoms with Crippen LogP contribution >= 0.6 is 0 Å². The number of hydrogen-bond acceptors (Lipinski definition) is 7. The van der Waals surface area contributed by atoms with Crippen molar-refractivity contribution >= 4 is 23.6 Å². The molecule has 406 valence electrons. The minimum Gasteiger partial charge on any atom is -0.466 e. The smallest absolute Gasteiger partial charge is 0.306 e. The monoisotopic (exact) mass is 965 g/mol. The van der Waals surface area contributed by atoms with Crippen molar-refractivity contribution in [1.82, 2.24) is 10.2 Å². The topological polar surface area (TPSA) is 102 Å². The molecule has 1 aliphatic rings. The molecular weight excluding hydrogens is 845 g/mol. The molecule has 1 fully saturated rings. The Morgan fingerprint density at radius 2 is 0.897 bits per heavy atom. The van der Waals surface area contributed by atoms with Crippen LogP contribution in [-0.4, -0.2) is 66.4 Å². The Labute approximate surface area is 424 Å². The number of likely N-dealkylation sites (tertiary alicyclic amines) is 1. The molecule has 8 heteroatoms. The van der Waals surface area contributed by atoms with E-state index >= 15 is 0 Å². The van der Waals surface area contributed by atoms with E-state index in [9.17, 15) is 19.2 Å². The zero-order chi connectivity index (χ0) is 51.3. The molecule has 0 aromatic rings. The summed E-state index contributed by atoms with van der Waals surface area (Å²) in [6.45, 7) is 25.1. The van der Waals surface area contributed by atoms with E-state index in [0.717, 1.165) is 63.8 Å². The van der Waals surface area contributed by atoms with Crippen molar-refractivity contribution in [2.75, 3.05) is 19.7 Å². The summed E-state index contributed by atoms with van der Waals surface area (Å²) in [6.07, 6.45) is 44.2. The van der Waals surface area contributed by atoms with Gasteiger partial charge in [-0.2, -0.15) is 0 Å². The van der Waals surface area contributed by atoms with Crippen molar-refractivity contribution < 1.29 is 28.7 Å². The molecule has 0 radical (unpaired) electrons. The van der Waals surface area contributed by atoms with Crippen molar-refractivity contribution in [2.45, 2.75) is 338 Å². The molecule has 0 aromatic carbocycles. The second kappa shape index (κ2) is 56.0. The normalized spacial score (nSPS) is 14.4. The number of Topliss-reactive ketones (excluding diaryl/α,β-unsaturated/α-hetero) is 1. The first-order valence-corrected chi connectivity index (χ1v) is 29.8. The number of esters is 2. The molecule has 1 amide bonds. The molecule has 2 unspecified atom stereocenters. The third kappa shape index (κ3) is 51.9. The van der Waals surface area contributed by atoms with Gasteiger partial charge < -0.3 is 14.8 Å². The number of nitrogens with zero attached hydrogens (tertiary/aromatic N) is 1. The minimum absolute atomic E-state index is 0.0970. The lowest BCUT2D eigenvalue weighted by Gasteiger charge is -2.21. The molecule has 0 bridgehead atoms. The summed E-state index contributed by atoms with van der Waals surface area (Å²) < 4.78 is 10.9. The molecule has 1 heterocycles. The van der Waals surface area contributed by atoms with E-state index in [0.29, 0.717) is 44.4 Å². The van der Waals surface area contributed by atoms with Crippen LogP contribution in [0.1, 0.15) is 320 Å². The highest BCUT2D eigenvalue weighted by Gasteiger charge is 2.36. The minimum atomic E-state index is -0.186. The Balaban J connectivity index is -0.00000112. The van der Waals surface area contributed by atoms with E-state index in [4.69, 9.17) is 9.47 Å². The fourth-order valence-electron chi connectivity index (χ4n) is 8.67. The number of hydrogen-bond donors (Lipinski definition) is 1. The Hall–Kier alpha value is -1.96. The fraction of sp³-hybridized carbons (Fsp3) is 0.933. The lowest BCUT2D eigenvalue weighted by molar-refractivity contribution is -0.148. The highest BCUT2D eigenvalue weighted by Crippen LogP contribution is 2.23. The third-order valence-corrected chi connectivity index (χ3v) is 12.6. The van der Waals surface area contributed by atoms with Gasteiger partial charge in [0.15, 0.2) is 0 Å². The standard InChI is InChI=1S/C27H49NO5.C27H55NO.C4H10.C2H6/c1-4-6-7-8-9-10-11-12-16-20-32-26(30)18-14-13-15-19-28-22-24(21-25(28)23(3)29)33-27(31)17-5-2;1-4-7-10-13-16-19-22-25-27(29)28-26(23-20-17-14-11-8-5-2)24-21-18-15-12-9-6-3;1-4(2)3;1-2/h24-25H,4-22H2,1-3H3;26H,4-25H2,1-3H3,(H,28,29);4H,1-3H3;1-2H3. The van der Waals surface area contributed by atoms with Crippen LogP contribution in [0.3, 0.4) is 0 Å². The Bertz CT molecular complexity index is 1060. The van der Waals surface area contributed by atoms with Crippen molar-refractivity contribution in [1.29, 1.82) is 0 Å². The summed E-state index contributed by atoms with van der Waals surface area (Å²) in [6, 6.07) is 0.259. The number of carbonyl (C=O) groups is 4. The van der Waals surface area contributed by atoms with Gasteiger partial charge in [0, 0.05) is 38.3 Å². The maximum absolute atomic E-state index is 12.4. The van der Waals surface area contributed by atoms with Crippen LogP contribution in [0.2, 0.25) is 0 Å². The van der Waals surface area contributed by atoms with Gasteiger partial charge in [0.1, 0.15) is 11.9 Å². The van der Waals surface area contributed by atoms with Crippen molar-refractivity contribution in [2.24, 2.45) is 5.92 Å². The predicted octanol–water partition coefficient (Wildman–Crippen LogP) is 17.8. The van der Waals surface area contributed by atoms with E-state index < -0.39 is 0 Å². The van der Waals surface area contributed by atoms with Gasteiger partial charge in [0.25, 0.3) is 0 Å². The largest absolute Gasteiger partial charge is 0.466 e. The Morgan fingerprint density at radius 1 is 0.500 bits per heavy atom. The number of carbonyl (C=O) groups excluding carboxylic acids is 4. The van der Waals surface area contributed by atoms with E-state index in [1.54, 1.807) is 6.92 Å². The molecule has 0 spiro atoms. The summed E-state index contributed by atoms with van der Waals surface area (Å²) in [7, 11) is 0. The second-order valence-corrected chi connectivity index (χ2v) is 20.6. The summed E-state index contributed by atoms with van der Waals surface area (Å²) >= 11 is 0. The number of nitrogens with one attached hydrogen (secondary N) is 1. The zero-order valence-corrected chi connectivity index (χ0v) is 47.7. The average Bonchev–Trinajstić information content (AvgIpc) is 3.71. The van der Waals surface area contributed by atoms with E-state index in [1.165, 1.54) is 173 Å². The molecule has 2 atom stereocenters. The van der Waals surface area contributed by atoms with Gasteiger partial charge >= 0.3 is 11.9 Å². The lowest BCUT2D eigenvalue weighted by Crippen LogP contribution is -2.35. The SMILES string of the molecule is CC.CC(C)C.CCCCCCCCCC(=O)NC(CCCCCCCC)CCCCCCCC.CCCCCCCCCCCOC(=O)CCCCCN1CC(OC(=O)CCC)CC1C(C)=O. The maximum atomic E-state index is 12.4. The Morgan fingerprint density at radius 3 is 1.34 bits per heavy atom. The number of amides is 1. The highest BCUT2D eigenvalue weighted by atomic mass is 16.5. The summed E-state index contributed by atoms with van der Waals surface area (Å²) in [5, 5.41) is 3.39. The van der Waals surface area contributed by atoms with Gasteiger partial charge in [-0.15, -0.1) is 0 Å². The lowest BCUT2D eigenvalue weighted by atomic mass is 9.99. The number of unbranched alkanes of at least 4 members (excludes halogenated alkanes) is 26. The number of ketones is 1. The predicted molar refractivity (Wildman–Crippen MR) is 294 cm³/mol. The maximum Gasteiger partial charge on any atom is 0.306 e. The molecule has 0 aliphatic carbocycles. The van der Waals surface area contributed by atoms with E-state index in [1.807, 2.05) is 20.8 Å². The first kappa shape index (κ1) is 70.3. The first-order valence-electron chi connectivity index (χ1n) is 29.8. The summed E-state index contributed by atoms with van der Waals surface area (Å²) in [4.78, 5) is 50.2. The van der Waals surface area contributed by atoms with Gasteiger partial charge in [-0.1, -0.05) is 243 Å². The van der Waals surface area contributed by atoms with E-state index in [2.05, 4.69) is 58.7 Å². The van der Waals surface area contributed by atoms with Gasteiger partial charge in [-0.25, -0.2) is 0 Å². The third-order valence-electron chi connectivity index (χ3n) is 12.6. The van der Waals surface area contributed by atoms with Gasteiger partial charge in [0.05, 0.1) is 12.6 Å². The molecule has 1 N–H and O–H groups in total. The zero-order valence-electron chi connectivity index (χ0n) is 47.7. The van der Waals surface area contributed by atoms with Crippen LogP contribution in [-0.2, 0) is 28.7 Å². The second-order valence-electron chi connectivity index (χ2n) is 20.6. The van der Waals surface area contributed by atoms with Crippen LogP contribution in [0.4, 0.5) is 0 Å². The van der Waals surface area contributed by atoms with Gasteiger partial charge in [-0.3, -0.25) is 24.1 Å². The molecule has 0 aromatic heterocycles. The molecule has 1 rings (SSSR count). The molecule has 0 saturated carbocycles. The number of rotatable bonds is 43. The first-order chi connectivity index (χ1) is 32.9.